The minimum absolute atomic E-state index is 0.557. The van der Waals surface area contributed by atoms with E-state index in [-0.39, 0.29) is 0 Å². The van der Waals surface area contributed by atoms with Gasteiger partial charge in [0.2, 0.25) is 0 Å². The van der Waals surface area contributed by atoms with Crippen LogP contribution in [0.25, 0.3) is 11.3 Å². The van der Waals surface area contributed by atoms with E-state index in [0.29, 0.717) is 11.9 Å². The number of nitrogens with zero attached hydrogens (tertiary/aromatic N) is 3. The summed E-state index contributed by atoms with van der Waals surface area (Å²) in [6, 6.07) is 4.52. The Labute approximate surface area is 107 Å². The Bertz CT molecular complexity index is 546. The summed E-state index contributed by atoms with van der Waals surface area (Å²) in [5.41, 5.74) is 7.99. The lowest BCUT2D eigenvalue weighted by Gasteiger charge is -2.08. The van der Waals surface area contributed by atoms with Crippen molar-refractivity contribution in [3.8, 4) is 11.3 Å². The molecule has 0 radical (unpaired) electrons. The van der Waals surface area contributed by atoms with Crippen LogP contribution >= 0.6 is 0 Å². The van der Waals surface area contributed by atoms with Gasteiger partial charge in [0.1, 0.15) is 5.82 Å². The van der Waals surface area contributed by atoms with Crippen LogP contribution in [0.4, 0.5) is 5.82 Å². The molecule has 1 aliphatic rings. The summed E-state index contributed by atoms with van der Waals surface area (Å²) in [6.45, 7) is 2.24. The molecule has 2 aromatic rings. The number of nitrogen functional groups attached to an aromatic ring is 1. The molecule has 4 nitrogen and oxygen atoms in total. The zero-order chi connectivity index (χ0) is 12.5. The van der Waals surface area contributed by atoms with Gasteiger partial charge in [-0.1, -0.05) is 13.3 Å². The molecule has 0 spiro atoms. The Balaban J connectivity index is 1.89. The molecule has 0 amide bonds. The lowest BCUT2D eigenvalue weighted by molar-refractivity contribution is 0.611. The lowest BCUT2D eigenvalue weighted by atomic mass is 10.2. The quantitative estimate of drug-likeness (QED) is 0.896. The summed E-state index contributed by atoms with van der Waals surface area (Å²) >= 11 is 0. The maximum Gasteiger partial charge on any atom is 0.123 e. The molecule has 1 fully saturated rings. The summed E-state index contributed by atoms with van der Waals surface area (Å²) in [5, 5.41) is 0. The fourth-order valence-corrected chi connectivity index (χ4v) is 2.65. The molecular formula is C14H18N4. The number of rotatable bonds is 4. The second kappa shape index (κ2) is 4.44. The molecule has 3 rings (SSSR count). The van der Waals surface area contributed by atoms with E-state index in [1.54, 1.807) is 6.20 Å². The highest BCUT2D eigenvalue weighted by Gasteiger charge is 2.38. The summed E-state index contributed by atoms with van der Waals surface area (Å²) in [4.78, 5) is 8.32. The summed E-state index contributed by atoms with van der Waals surface area (Å²) in [6.07, 6.45) is 9.44. The molecule has 4 heteroatoms. The molecule has 2 atom stereocenters. The molecule has 2 aromatic heterocycles. The first-order valence-electron chi connectivity index (χ1n) is 6.53. The highest BCUT2D eigenvalue weighted by atomic mass is 15.1. The molecule has 2 heterocycles. The fourth-order valence-electron chi connectivity index (χ4n) is 2.65. The highest BCUT2D eigenvalue weighted by molar-refractivity contribution is 5.62. The third-order valence-electron chi connectivity index (χ3n) is 3.64. The summed E-state index contributed by atoms with van der Waals surface area (Å²) < 4.78 is 2.29. The number of pyridine rings is 1. The van der Waals surface area contributed by atoms with Crippen molar-refractivity contribution < 1.29 is 0 Å². The first-order chi connectivity index (χ1) is 8.79. The van der Waals surface area contributed by atoms with Crippen LogP contribution in [0.5, 0.6) is 0 Å². The van der Waals surface area contributed by atoms with Gasteiger partial charge in [-0.15, -0.1) is 0 Å². The van der Waals surface area contributed by atoms with Crippen molar-refractivity contribution in [3.63, 3.8) is 0 Å². The SMILES string of the molecule is CCCC1CC1n1cncc1-c1ccnc(N)c1. The lowest BCUT2D eigenvalue weighted by Crippen LogP contribution is -1.98. The maximum atomic E-state index is 5.74. The van der Waals surface area contributed by atoms with Crippen molar-refractivity contribution in [1.82, 2.24) is 14.5 Å². The van der Waals surface area contributed by atoms with Gasteiger partial charge in [-0.05, 0) is 30.9 Å². The number of imidazole rings is 1. The van der Waals surface area contributed by atoms with E-state index in [2.05, 4.69) is 21.5 Å². The van der Waals surface area contributed by atoms with Crippen LogP contribution in [0.15, 0.2) is 30.9 Å². The highest BCUT2D eigenvalue weighted by Crippen LogP contribution is 2.47. The van der Waals surface area contributed by atoms with Gasteiger partial charge in [0.05, 0.1) is 18.2 Å². The molecule has 1 aliphatic carbocycles. The first kappa shape index (κ1) is 11.3. The molecule has 1 saturated carbocycles. The average Bonchev–Trinajstić information content (AvgIpc) is 2.95. The second-order valence-electron chi connectivity index (χ2n) is 5.01. The average molecular weight is 242 g/mol. The van der Waals surface area contributed by atoms with Crippen molar-refractivity contribution in [3.05, 3.63) is 30.9 Å². The zero-order valence-electron chi connectivity index (χ0n) is 10.6. The number of hydrogen-bond acceptors (Lipinski definition) is 3. The molecule has 2 unspecified atom stereocenters. The van der Waals surface area contributed by atoms with Crippen molar-refractivity contribution in [2.45, 2.75) is 32.2 Å². The molecule has 2 N–H and O–H groups in total. The molecular weight excluding hydrogens is 224 g/mol. The minimum atomic E-state index is 0.557. The van der Waals surface area contributed by atoms with Crippen LogP contribution < -0.4 is 5.73 Å². The van der Waals surface area contributed by atoms with E-state index in [1.165, 1.54) is 19.3 Å². The Kier molecular flexibility index (Phi) is 2.78. The van der Waals surface area contributed by atoms with Crippen LogP contribution in [-0.2, 0) is 0 Å². The second-order valence-corrected chi connectivity index (χ2v) is 5.01. The van der Waals surface area contributed by atoms with Gasteiger partial charge in [-0.25, -0.2) is 9.97 Å². The van der Waals surface area contributed by atoms with Gasteiger partial charge in [0, 0.05) is 17.8 Å². The van der Waals surface area contributed by atoms with E-state index in [9.17, 15) is 0 Å². The number of anilines is 1. The molecule has 0 bridgehead atoms. The molecule has 0 aliphatic heterocycles. The first-order valence-corrected chi connectivity index (χ1v) is 6.53. The third-order valence-corrected chi connectivity index (χ3v) is 3.64. The van der Waals surface area contributed by atoms with Crippen molar-refractivity contribution in [2.75, 3.05) is 5.73 Å². The predicted molar refractivity (Wildman–Crippen MR) is 71.9 cm³/mol. The largest absolute Gasteiger partial charge is 0.384 e. The Morgan fingerprint density at radius 3 is 3.17 bits per heavy atom. The summed E-state index contributed by atoms with van der Waals surface area (Å²) in [7, 11) is 0. The van der Waals surface area contributed by atoms with Crippen molar-refractivity contribution in [1.29, 1.82) is 0 Å². The molecule has 0 aromatic carbocycles. The van der Waals surface area contributed by atoms with E-state index < -0.39 is 0 Å². The predicted octanol–water partition coefficient (Wildman–Crippen LogP) is 2.89. The van der Waals surface area contributed by atoms with E-state index in [0.717, 1.165) is 17.2 Å². The third kappa shape index (κ3) is 1.98. The van der Waals surface area contributed by atoms with Crippen molar-refractivity contribution >= 4 is 5.82 Å². The van der Waals surface area contributed by atoms with Crippen LogP contribution in [0.3, 0.4) is 0 Å². The molecule has 0 saturated heterocycles. The topological polar surface area (TPSA) is 56.7 Å². The Hall–Kier alpha value is -1.84. The van der Waals surface area contributed by atoms with Crippen molar-refractivity contribution in [2.24, 2.45) is 5.92 Å². The number of aromatic nitrogens is 3. The van der Waals surface area contributed by atoms with E-state index >= 15 is 0 Å². The Morgan fingerprint density at radius 2 is 2.39 bits per heavy atom. The van der Waals surface area contributed by atoms with Gasteiger partial charge in [0.15, 0.2) is 0 Å². The molecule has 94 valence electrons. The standard InChI is InChI=1S/C14H18N4/c1-2-3-10-6-12(10)18-9-16-8-13(18)11-4-5-17-14(15)7-11/h4-5,7-10,12H,2-3,6H2,1H3,(H2,15,17). The van der Waals surface area contributed by atoms with E-state index in [4.69, 9.17) is 5.73 Å². The van der Waals surface area contributed by atoms with Crippen LogP contribution in [0, 0.1) is 5.92 Å². The monoisotopic (exact) mass is 242 g/mol. The van der Waals surface area contributed by atoms with E-state index in [1.807, 2.05) is 24.7 Å². The Morgan fingerprint density at radius 1 is 1.50 bits per heavy atom. The van der Waals surface area contributed by atoms with Gasteiger partial charge >= 0.3 is 0 Å². The number of nitrogens with two attached hydrogens (primary N) is 1. The van der Waals surface area contributed by atoms with Crippen LogP contribution in [0.1, 0.15) is 32.2 Å². The fraction of sp³-hybridized carbons (Fsp3) is 0.429. The van der Waals surface area contributed by atoms with Gasteiger partial charge < -0.3 is 10.3 Å². The van der Waals surface area contributed by atoms with Crippen LogP contribution in [0.2, 0.25) is 0 Å². The van der Waals surface area contributed by atoms with Gasteiger partial charge in [-0.2, -0.15) is 0 Å². The number of hydrogen-bond donors (Lipinski definition) is 1. The zero-order valence-corrected chi connectivity index (χ0v) is 10.6. The van der Waals surface area contributed by atoms with Gasteiger partial charge in [-0.3, -0.25) is 0 Å². The van der Waals surface area contributed by atoms with Gasteiger partial charge in [0.25, 0.3) is 0 Å². The smallest absolute Gasteiger partial charge is 0.123 e. The normalized spacial score (nSPS) is 22.1. The minimum Gasteiger partial charge on any atom is -0.384 e. The van der Waals surface area contributed by atoms with Crippen LogP contribution in [-0.4, -0.2) is 14.5 Å². The summed E-state index contributed by atoms with van der Waals surface area (Å²) in [5.74, 6) is 1.38. The molecule has 18 heavy (non-hydrogen) atoms. The maximum absolute atomic E-state index is 5.74.